The van der Waals surface area contributed by atoms with Crippen molar-refractivity contribution in [2.24, 2.45) is 5.73 Å². The largest absolute Gasteiger partial charge is 0.397 e. The molecule has 3 aromatic rings. The summed E-state index contributed by atoms with van der Waals surface area (Å²) in [5.41, 5.74) is 16.6. The Morgan fingerprint density at radius 2 is 2.08 bits per heavy atom. The molecule has 37 heavy (non-hydrogen) atoms. The second-order valence-electron chi connectivity index (χ2n) is 9.89. The van der Waals surface area contributed by atoms with Crippen LogP contribution < -0.4 is 21.7 Å². The third kappa shape index (κ3) is 5.13. The van der Waals surface area contributed by atoms with E-state index in [9.17, 15) is 4.79 Å². The molecule has 3 atom stereocenters. The summed E-state index contributed by atoms with van der Waals surface area (Å²) < 4.78 is 26.0. The first-order valence-electron chi connectivity index (χ1n) is 12.5. The normalized spacial score (nSPS) is 21.4. The number of carbonyl (C=O) groups excluding carboxylic acids is 1. The highest BCUT2D eigenvalue weighted by Crippen LogP contribution is 2.35. The first-order chi connectivity index (χ1) is 17.7. The molecule has 198 valence electrons. The molecule has 1 saturated heterocycles. The van der Waals surface area contributed by atoms with Crippen LogP contribution in [0.4, 0.5) is 15.9 Å². The number of rotatable bonds is 7. The van der Waals surface area contributed by atoms with Crippen LogP contribution in [0.2, 0.25) is 0 Å². The van der Waals surface area contributed by atoms with E-state index in [4.69, 9.17) is 20.9 Å². The molecule has 0 saturated carbocycles. The van der Waals surface area contributed by atoms with Gasteiger partial charge in [0.05, 0.1) is 31.0 Å². The van der Waals surface area contributed by atoms with Gasteiger partial charge in [-0.25, -0.2) is 14.4 Å². The number of hydrogen-bond acceptors (Lipinski definition) is 9. The minimum Gasteiger partial charge on any atom is -0.397 e. The molecule has 3 unspecified atom stereocenters. The van der Waals surface area contributed by atoms with Gasteiger partial charge in [-0.1, -0.05) is 0 Å². The Balaban J connectivity index is 1.27. The van der Waals surface area contributed by atoms with Crippen LogP contribution >= 0.6 is 11.3 Å². The number of carbonyl (C=O) groups is 1. The molecule has 5 rings (SSSR count). The summed E-state index contributed by atoms with van der Waals surface area (Å²) in [7, 11) is 1.62. The Hall–Kier alpha value is -2.86. The predicted molar refractivity (Wildman–Crippen MR) is 143 cm³/mol. The number of anilines is 2. The number of fused-ring (bicyclic) bond motifs is 2. The number of pyridine rings is 2. The second-order valence-corrected chi connectivity index (χ2v) is 10.9. The molecular weight excluding hydrogens is 495 g/mol. The quantitative estimate of drug-likeness (QED) is 0.399. The fraction of sp³-hybridized carbons (Fsp3) is 0.500. The van der Waals surface area contributed by atoms with E-state index in [1.165, 1.54) is 11.3 Å². The van der Waals surface area contributed by atoms with Crippen LogP contribution in [0.25, 0.3) is 10.2 Å². The number of nitrogens with two attached hydrogens (primary N) is 2. The molecule has 1 aliphatic carbocycles. The Morgan fingerprint density at radius 3 is 2.86 bits per heavy atom. The van der Waals surface area contributed by atoms with Gasteiger partial charge >= 0.3 is 0 Å². The number of aryl methyl sites for hydroxylation is 3. The average Bonchev–Trinajstić information content (AvgIpc) is 3.38. The molecule has 11 heteroatoms. The zero-order chi connectivity index (χ0) is 26.3. The van der Waals surface area contributed by atoms with Crippen molar-refractivity contribution in [1.82, 2.24) is 15.3 Å². The molecule has 0 aromatic carbocycles. The standard InChI is InChI=1S/C26H33FN6O3S/c1-13-8-14(2)30-26-21(13)22(29)23(37-26)25(34)31-16-4-5-19-15(9-16)10-17(27)24(32-19)33-11-18(28)20(12-33)36-7-6-35-3/h8,10,16,18,20H,4-7,9,11-12,28-29H2,1-3H3,(H,31,34). The van der Waals surface area contributed by atoms with Gasteiger partial charge in [-0.05, 0) is 56.4 Å². The average molecular weight is 529 g/mol. The molecule has 4 heterocycles. The number of hydrogen-bond donors (Lipinski definition) is 3. The molecule has 5 N–H and O–H groups in total. The highest BCUT2D eigenvalue weighted by molar-refractivity contribution is 7.21. The van der Waals surface area contributed by atoms with Gasteiger partial charge in [-0.15, -0.1) is 11.3 Å². The van der Waals surface area contributed by atoms with E-state index in [2.05, 4.69) is 15.3 Å². The summed E-state index contributed by atoms with van der Waals surface area (Å²) in [6.45, 7) is 5.78. The highest BCUT2D eigenvalue weighted by atomic mass is 32.1. The first-order valence-corrected chi connectivity index (χ1v) is 13.3. The number of thiophene rings is 1. The number of nitrogens with zero attached hydrogens (tertiary/aromatic N) is 3. The van der Waals surface area contributed by atoms with E-state index in [-0.39, 0.29) is 29.9 Å². The van der Waals surface area contributed by atoms with Crippen molar-refractivity contribution < 1.29 is 18.7 Å². The van der Waals surface area contributed by atoms with Gasteiger partial charge in [0.15, 0.2) is 11.6 Å². The maximum absolute atomic E-state index is 15.2. The number of halogens is 1. The van der Waals surface area contributed by atoms with Crippen LogP contribution in [0, 0.1) is 19.7 Å². The third-order valence-corrected chi connectivity index (χ3v) is 8.21. The van der Waals surface area contributed by atoms with E-state index in [0.29, 0.717) is 61.9 Å². The molecule has 3 aromatic heterocycles. The minimum atomic E-state index is -0.388. The van der Waals surface area contributed by atoms with Crippen LogP contribution in [0.3, 0.4) is 0 Å². The second kappa shape index (κ2) is 10.5. The minimum absolute atomic E-state index is 0.133. The molecule has 9 nitrogen and oxygen atoms in total. The summed E-state index contributed by atoms with van der Waals surface area (Å²) >= 11 is 1.31. The van der Waals surface area contributed by atoms with Crippen LogP contribution in [0.15, 0.2) is 12.1 Å². The Kier molecular flexibility index (Phi) is 7.30. The topological polar surface area (TPSA) is 129 Å². The summed E-state index contributed by atoms with van der Waals surface area (Å²) in [6.07, 6.45) is 1.66. The zero-order valence-electron chi connectivity index (χ0n) is 21.3. The van der Waals surface area contributed by atoms with Gasteiger partial charge in [-0.3, -0.25) is 4.79 Å². The molecule has 2 aliphatic rings. The van der Waals surface area contributed by atoms with Crippen molar-refractivity contribution in [3.63, 3.8) is 0 Å². The Labute approximate surface area is 219 Å². The van der Waals surface area contributed by atoms with Gasteiger partial charge in [0.25, 0.3) is 5.91 Å². The first kappa shape index (κ1) is 25.8. The van der Waals surface area contributed by atoms with E-state index in [1.54, 1.807) is 13.2 Å². The van der Waals surface area contributed by atoms with Crippen molar-refractivity contribution in [3.8, 4) is 0 Å². The summed E-state index contributed by atoms with van der Waals surface area (Å²) in [5, 5.41) is 3.93. The Bertz CT molecular complexity index is 1330. The lowest BCUT2D eigenvalue weighted by Gasteiger charge is -2.27. The van der Waals surface area contributed by atoms with Gasteiger partial charge in [0, 0.05) is 43.0 Å². The molecule has 0 spiro atoms. The fourth-order valence-electron chi connectivity index (χ4n) is 5.29. The lowest BCUT2D eigenvalue weighted by molar-refractivity contribution is 0.0212. The van der Waals surface area contributed by atoms with Gasteiger partial charge in [-0.2, -0.15) is 0 Å². The number of methoxy groups -OCH3 is 1. The van der Waals surface area contributed by atoms with Gasteiger partial charge in [0.2, 0.25) is 0 Å². The van der Waals surface area contributed by atoms with Crippen molar-refractivity contribution in [2.45, 2.75) is 51.3 Å². The lowest BCUT2D eigenvalue weighted by atomic mass is 9.91. The lowest BCUT2D eigenvalue weighted by Crippen LogP contribution is -2.39. The maximum Gasteiger partial charge on any atom is 0.263 e. The molecule has 0 bridgehead atoms. The number of ether oxygens (including phenoxy) is 2. The molecular formula is C26H33FN6O3S. The summed E-state index contributed by atoms with van der Waals surface area (Å²) in [4.78, 5) is 25.4. The number of nitrogen functional groups attached to an aromatic ring is 1. The van der Waals surface area contributed by atoms with E-state index >= 15 is 4.39 Å². The van der Waals surface area contributed by atoms with Crippen molar-refractivity contribution >= 4 is 39.0 Å². The molecule has 0 radical (unpaired) electrons. The fourth-order valence-corrected chi connectivity index (χ4v) is 6.41. The number of aromatic nitrogens is 2. The summed E-state index contributed by atoms with van der Waals surface area (Å²) in [5.74, 6) is -0.298. The van der Waals surface area contributed by atoms with Crippen LogP contribution in [-0.2, 0) is 22.3 Å². The Morgan fingerprint density at radius 1 is 1.27 bits per heavy atom. The summed E-state index contributed by atoms with van der Waals surface area (Å²) in [6, 6.07) is 3.15. The van der Waals surface area contributed by atoms with E-state index < -0.39 is 0 Å². The highest BCUT2D eigenvalue weighted by Gasteiger charge is 2.34. The SMILES string of the molecule is COCCOC1CN(c2nc3c(cc2F)CC(NC(=O)c2sc4nc(C)cc(C)c4c2N)CC3)CC1N. The van der Waals surface area contributed by atoms with Crippen LogP contribution in [0.5, 0.6) is 0 Å². The predicted octanol–water partition coefficient (Wildman–Crippen LogP) is 2.50. The smallest absolute Gasteiger partial charge is 0.263 e. The van der Waals surface area contributed by atoms with Gasteiger partial charge < -0.3 is 31.2 Å². The zero-order valence-corrected chi connectivity index (χ0v) is 22.2. The monoisotopic (exact) mass is 528 g/mol. The van der Waals surface area contributed by atoms with E-state index in [0.717, 1.165) is 32.7 Å². The molecule has 1 aliphatic heterocycles. The maximum atomic E-state index is 15.2. The van der Waals surface area contributed by atoms with Gasteiger partial charge in [0.1, 0.15) is 9.71 Å². The van der Waals surface area contributed by atoms with Crippen molar-refractivity contribution in [3.05, 3.63) is 45.3 Å². The molecule has 1 amide bonds. The molecule has 1 fully saturated rings. The van der Waals surface area contributed by atoms with Crippen LogP contribution in [-0.4, -0.2) is 67.5 Å². The van der Waals surface area contributed by atoms with Crippen LogP contribution in [0.1, 0.15) is 38.6 Å². The number of nitrogens with one attached hydrogen (secondary N) is 1. The number of amides is 1. The third-order valence-electron chi connectivity index (χ3n) is 7.12. The van der Waals surface area contributed by atoms with Crippen molar-refractivity contribution in [2.75, 3.05) is 44.0 Å². The van der Waals surface area contributed by atoms with E-state index in [1.807, 2.05) is 24.8 Å². The van der Waals surface area contributed by atoms with Crippen molar-refractivity contribution in [1.29, 1.82) is 0 Å².